The van der Waals surface area contributed by atoms with Crippen LogP contribution in [0.2, 0.25) is 10.0 Å². The van der Waals surface area contributed by atoms with Gasteiger partial charge in [0.05, 0.1) is 17.2 Å². The summed E-state index contributed by atoms with van der Waals surface area (Å²) < 4.78 is 11.3. The first-order chi connectivity index (χ1) is 15.0. The fourth-order valence-electron chi connectivity index (χ4n) is 2.95. The number of carbonyl (C=O) groups is 1. The quantitative estimate of drug-likeness (QED) is 0.367. The molecule has 0 unspecified atom stereocenters. The summed E-state index contributed by atoms with van der Waals surface area (Å²) in [5.74, 6) is 0.734. The van der Waals surface area contributed by atoms with Gasteiger partial charge in [0.25, 0.3) is 5.91 Å². The summed E-state index contributed by atoms with van der Waals surface area (Å²) >= 11 is 12.2. The SMILES string of the molecule is CCOc1c(Cl)cc(Cl)cc1C(=O)Nc1ccc(-c2nnc(-c3ccccc3)o2)cc1. The van der Waals surface area contributed by atoms with Gasteiger partial charge in [-0.05, 0) is 55.5 Å². The average molecular weight is 454 g/mol. The van der Waals surface area contributed by atoms with Crippen molar-refractivity contribution in [2.24, 2.45) is 0 Å². The molecular formula is C23H17Cl2N3O3. The monoisotopic (exact) mass is 453 g/mol. The first-order valence-corrected chi connectivity index (χ1v) is 10.2. The van der Waals surface area contributed by atoms with Crippen LogP contribution in [0, 0.1) is 0 Å². The van der Waals surface area contributed by atoms with Gasteiger partial charge in [0.1, 0.15) is 0 Å². The molecule has 6 nitrogen and oxygen atoms in total. The second kappa shape index (κ2) is 9.20. The molecule has 1 N–H and O–H groups in total. The maximum atomic E-state index is 12.8. The number of hydrogen-bond acceptors (Lipinski definition) is 5. The first-order valence-electron chi connectivity index (χ1n) is 9.47. The van der Waals surface area contributed by atoms with Gasteiger partial charge in [0.2, 0.25) is 11.8 Å². The minimum Gasteiger partial charge on any atom is -0.491 e. The summed E-state index contributed by atoms with van der Waals surface area (Å²) in [6.45, 7) is 2.18. The zero-order valence-electron chi connectivity index (χ0n) is 16.4. The van der Waals surface area contributed by atoms with Crippen LogP contribution in [0.4, 0.5) is 5.69 Å². The number of benzene rings is 3. The van der Waals surface area contributed by atoms with Crippen molar-refractivity contribution >= 4 is 34.8 Å². The second-order valence-electron chi connectivity index (χ2n) is 6.51. The molecule has 0 aliphatic carbocycles. The number of nitrogens with zero attached hydrogens (tertiary/aromatic N) is 2. The van der Waals surface area contributed by atoms with E-state index in [1.807, 2.05) is 37.3 Å². The standard InChI is InChI=1S/C23H17Cl2N3O3/c1-2-30-20-18(12-16(24)13-19(20)25)21(29)26-17-10-8-15(9-11-17)23-28-27-22(31-23)14-6-4-3-5-7-14/h3-13H,2H2,1H3,(H,26,29). The highest BCUT2D eigenvalue weighted by atomic mass is 35.5. The van der Waals surface area contributed by atoms with E-state index < -0.39 is 0 Å². The third-order valence-electron chi connectivity index (χ3n) is 4.38. The molecule has 1 amide bonds. The summed E-state index contributed by atoms with van der Waals surface area (Å²) in [5, 5.41) is 11.6. The Labute approximate surface area is 188 Å². The number of anilines is 1. The van der Waals surface area contributed by atoms with E-state index in [2.05, 4.69) is 15.5 Å². The molecule has 1 aromatic heterocycles. The third-order valence-corrected chi connectivity index (χ3v) is 4.88. The van der Waals surface area contributed by atoms with Crippen molar-refractivity contribution in [2.75, 3.05) is 11.9 Å². The lowest BCUT2D eigenvalue weighted by atomic mass is 10.1. The molecule has 0 radical (unpaired) electrons. The van der Waals surface area contributed by atoms with Crippen molar-refractivity contribution in [1.29, 1.82) is 0 Å². The van der Waals surface area contributed by atoms with Gasteiger partial charge in [-0.15, -0.1) is 10.2 Å². The zero-order valence-corrected chi connectivity index (χ0v) is 17.9. The Morgan fingerprint density at radius 1 is 0.968 bits per heavy atom. The van der Waals surface area contributed by atoms with Gasteiger partial charge >= 0.3 is 0 Å². The molecule has 31 heavy (non-hydrogen) atoms. The largest absolute Gasteiger partial charge is 0.491 e. The number of halogens is 2. The fourth-order valence-corrected chi connectivity index (χ4v) is 3.50. The van der Waals surface area contributed by atoms with Crippen LogP contribution in [0.1, 0.15) is 17.3 Å². The van der Waals surface area contributed by atoms with Crippen LogP contribution in [-0.4, -0.2) is 22.7 Å². The maximum Gasteiger partial charge on any atom is 0.259 e. The minimum atomic E-state index is -0.384. The van der Waals surface area contributed by atoms with Gasteiger partial charge in [-0.3, -0.25) is 4.79 Å². The predicted molar refractivity (Wildman–Crippen MR) is 121 cm³/mol. The average Bonchev–Trinajstić information content (AvgIpc) is 3.27. The number of amides is 1. The van der Waals surface area contributed by atoms with Crippen molar-refractivity contribution in [3.8, 4) is 28.7 Å². The zero-order chi connectivity index (χ0) is 21.8. The Morgan fingerprint density at radius 3 is 2.26 bits per heavy atom. The molecule has 0 atom stereocenters. The highest BCUT2D eigenvalue weighted by Crippen LogP contribution is 2.33. The number of aromatic nitrogens is 2. The Bertz CT molecular complexity index is 1210. The van der Waals surface area contributed by atoms with E-state index in [4.69, 9.17) is 32.4 Å². The van der Waals surface area contributed by atoms with E-state index in [-0.39, 0.29) is 16.5 Å². The number of hydrogen-bond donors (Lipinski definition) is 1. The van der Waals surface area contributed by atoms with Crippen molar-refractivity contribution in [2.45, 2.75) is 6.92 Å². The van der Waals surface area contributed by atoms with Gasteiger partial charge in [-0.2, -0.15) is 0 Å². The molecule has 0 fully saturated rings. The summed E-state index contributed by atoms with van der Waals surface area (Å²) in [5.41, 5.74) is 2.41. The predicted octanol–water partition coefficient (Wildman–Crippen LogP) is 6.36. The van der Waals surface area contributed by atoms with Crippen LogP contribution in [0.5, 0.6) is 5.75 Å². The van der Waals surface area contributed by atoms with Crippen molar-refractivity contribution in [3.63, 3.8) is 0 Å². The van der Waals surface area contributed by atoms with Crippen LogP contribution in [0.15, 0.2) is 71.1 Å². The summed E-state index contributed by atoms with van der Waals surface area (Å²) in [7, 11) is 0. The summed E-state index contributed by atoms with van der Waals surface area (Å²) in [6.07, 6.45) is 0. The van der Waals surface area contributed by atoms with E-state index >= 15 is 0 Å². The molecule has 0 saturated carbocycles. The normalized spacial score (nSPS) is 10.7. The van der Waals surface area contributed by atoms with E-state index in [1.165, 1.54) is 12.1 Å². The molecule has 0 saturated heterocycles. The van der Waals surface area contributed by atoms with E-state index in [9.17, 15) is 4.79 Å². The molecule has 1 heterocycles. The first kappa shape index (κ1) is 20.9. The fraction of sp³-hybridized carbons (Fsp3) is 0.0870. The molecule has 3 aromatic carbocycles. The molecule has 0 bridgehead atoms. The Morgan fingerprint density at radius 2 is 1.61 bits per heavy atom. The second-order valence-corrected chi connectivity index (χ2v) is 7.35. The van der Waals surface area contributed by atoms with Crippen molar-refractivity contribution in [3.05, 3.63) is 82.3 Å². The minimum absolute atomic E-state index is 0.257. The van der Waals surface area contributed by atoms with Crippen molar-refractivity contribution in [1.82, 2.24) is 10.2 Å². The number of nitrogens with one attached hydrogen (secondary N) is 1. The van der Waals surface area contributed by atoms with Gasteiger partial charge in [0, 0.05) is 21.8 Å². The molecule has 0 spiro atoms. The lowest BCUT2D eigenvalue weighted by Crippen LogP contribution is -2.14. The molecule has 0 aliphatic rings. The Hall–Kier alpha value is -3.35. The summed E-state index contributed by atoms with van der Waals surface area (Å²) in [6, 6.07) is 19.6. The number of carbonyl (C=O) groups excluding carboxylic acids is 1. The van der Waals surface area contributed by atoms with Crippen LogP contribution in [-0.2, 0) is 0 Å². The van der Waals surface area contributed by atoms with E-state index in [0.29, 0.717) is 34.8 Å². The molecule has 4 aromatic rings. The van der Waals surface area contributed by atoms with Gasteiger partial charge in [-0.1, -0.05) is 41.4 Å². The summed E-state index contributed by atoms with van der Waals surface area (Å²) in [4.78, 5) is 12.8. The maximum absolute atomic E-state index is 12.8. The highest BCUT2D eigenvalue weighted by Gasteiger charge is 2.18. The van der Waals surface area contributed by atoms with Gasteiger partial charge in [-0.25, -0.2) is 0 Å². The lowest BCUT2D eigenvalue weighted by Gasteiger charge is -2.13. The van der Waals surface area contributed by atoms with Gasteiger partial charge in [0.15, 0.2) is 5.75 Å². The lowest BCUT2D eigenvalue weighted by molar-refractivity contribution is 0.102. The Balaban J connectivity index is 1.52. The van der Waals surface area contributed by atoms with Gasteiger partial charge < -0.3 is 14.5 Å². The number of rotatable bonds is 6. The van der Waals surface area contributed by atoms with Crippen LogP contribution < -0.4 is 10.1 Å². The Kier molecular flexibility index (Phi) is 6.21. The molecule has 0 aliphatic heterocycles. The molecule has 8 heteroatoms. The number of ether oxygens (including phenoxy) is 1. The van der Waals surface area contributed by atoms with Crippen LogP contribution >= 0.6 is 23.2 Å². The molecular weight excluding hydrogens is 437 g/mol. The molecule has 4 rings (SSSR count). The molecule has 156 valence electrons. The van der Waals surface area contributed by atoms with E-state index in [1.54, 1.807) is 24.3 Å². The van der Waals surface area contributed by atoms with Crippen molar-refractivity contribution < 1.29 is 13.9 Å². The highest BCUT2D eigenvalue weighted by molar-refractivity contribution is 6.36. The van der Waals surface area contributed by atoms with E-state index in [0.717, 1.165) is 11.1 Å². The van der Waals surface area contributed by atoms with Crippen LogP contribution in [0.3, 0.4) is 0 Å². The third kappa shape index (κ3) is 4.71. The smallest absolute Gasteiger partial charge is 0.259 e. The topological polar surface area (TPSA) is 77.2 Å². The van der Waals surface area contributed by atoms with Crippen LogP contribution in [0.25, 0.3) is 22.9 Å².